The third kappa shape index (κ3) is 16.8. The summed E-state index contributed by atoms with van der Waals surface area (Å²) in [5, 5.41) is 6.80. The second-order valence-corrected chi connectivity index (χ2v) is 12.2. The zero-order chi connectivity index (χ0) is 28.2. The van der Waals surface area contributed by atoms with Crippen molar-refractivity contribution in [3.05, 3.63) is 48.5 Å². The van der Waals surface area contributed by atoms with Gasteiger partial charge < -0.3 is 34.1 Å². The monoisotopic (exact) mass is 675 g/mol. The average Bonchev–Trinajstić information content (AvgIpc) is 2.90. The van der Waals surface area contributed by atoms with Crippen LogP contribution in [0.5, 0.6) is 11.5 Å². The van der Waals surface area contributed by atoms with Crippen LogP contribution in [0.15, 0.2) is 48.5 Å². The summed E-state index contributed by atoms with van der Waals surface area (Å²) in [7, 11) is 0. The van der Waals surface area contributed by atoms with E-state index in [9.17, 15) is 4.57 Å². The molecule has 0 saturated heterocycles. The van der Waals surface area contributed by atoms with Crippen LogP contribution in [0.1, 0.15) is 41.5 Å². The number of nitrogens with zero attached hydrogens (tertiary/aromatic N) is 1. The van der Waals surface area contributed by atoms with Gasteiger partial charge in [0, 0.05) is 49.9 Å². The van der Waals surface area contributed by atoms with Gasteiger partial charge in [-0.1, -0.05) is 13.8 Å². The van der Waals surface area contributed by atoms with Gasteiger partial charge in [-0.2, -0.15) is 0 Å². The molecule has 0 unspecified atom stereocenters. The molecule has 0 atom stereocenters. The summed E-state index contributed by atoms with van der Waals surface area (Å²) in [5.41, 5.74) is 1.82. The van der Waals surface area contributed by atoms with Crippen LogP contribution in [0.3, 0.4) is 0 Å². The third-order valence-electron chi connectivity index (χ3n) is 4.97. The molecular formula is C27H44N3O5PS2Zr. The van der Waals surface area contributed by atoms with E-state index in [0.717, 1.165) is 48.3 Å². The fourth-order valence-electron chi connectivity index (χ4n) is 3.15. The van der Waals surface area contributed by atoms with Crippen LogP contribution >= 0.6 is 30.4 Å². The van der Waals surface area contributed by atoms with Crippen LogP contribution in [-0.2, 0) is 39.8 Å². The number of ether oxygens (including phenoxy) is 2. The van der Waals surface area contributed by atoms with Crippen molar-refractivity contribution in [1.29, 1.82) is 0 Å². The largest absolute Gasteiger partial charge is 0.494 e. The van der Waals surface area contributed by atoms with Crippen LogP contribution < -0.4 is 20.1 Å². The molecule has 12 heteroatoms. The van der Waals surface area contributed by atoms with Crippen LogP contribution in [0, 0.1) is 0 Å². The number of benzene rings is 2. The molecule has 0 spiro atoms. The van der Waals surface area contributed by atoms with E-state index >= 15 is 0 Å². The molecule has 2 aromatic rings. The second-order valence-electron chi connectivity index (χ2n) is 7.64. The maximum absolute atomic E-state index is 12.1. The fourth-order valence-corrected chi connectivity index (χ4v) is 6.80. The zero-order valence-corrected chi connectivity index (χ0v) is 29.0. The van der Waals surface area contributed by atoms with Crippen molar-refractivity contribution in [1.82, 2.24) is 4.90 Å². The van der Waals surface area contributed by atoms with Crippen molar-refractivity contribution in [3.63, 3.8) is 0 Å². The first-order chi connectivity index (χ1) is 18.3. The van der Waals surface area contributed by atoms with Gasteiger partial charge in [0.2, 0.25) is 0 Å². The van der Waals surface area contributed by atoms with Gasteiger partial charge in [0.05, 0.1) is 26.4 Å². The Morgan fingerprint density at radius 1 is 0.769 bits per heavy atom. The number of anilines is 2. The minimum Gasteiger partial charge on any atom is -0.494 e. The van der Waals surface area contributed by atoms with Crippen molar-refractivity contribution in [2.45, 2.75) is 41.5 Å². The van der Waals surface area contributed by atoms with Gasteiger partial charge in [0.25, 0.3) is 0 Å². The Bertz CT molecular complexity index is 888. The zero-order valence-electron chi connectivity index (χ0n) is 24.0. The van der Waals surface area contributed by atoms with E-state index in [4.69, 9.17) is 30.7 Å². The number of hydrogen-bond donors (Lipinski definition) is 2. The van der Waals surface area contributed by atoms with Crippen LogP contribution in [-0.4, -0.2) is 61.8 Å². The third-order valence-corrected chi connectivity index (χ3v) is 9.14. The van der Waals surface area contributed by atoms with Gasteiger partial charge in [0.15, 0.2) is 5.11 Å². The van der Waals surface area contributed by atoms with Crippen molar-refractivity contribution >= 4 is 46.9 Å². The summed E-state index contributed by atoms with van der Waals surface area (Å²) in [6.07, 6.45) is 0. The maximum atomic E-state index is 12.1. The molecule has 39 heavy (non-hydrogen) atoms. The first-order valence-corrected chi connectivity index (χ1v) is 16.7. The van der Waals surface area contributed by atoms with E-state index in [-0.39, 0.29) is 26.2 Å². The number of nitrogens with one attached hydrogen (secondary N) is 2. The molecule has 0 radical (unpaired) electrons. The van der Waals surface area contributed by atoms with Gasteiger partial charge in [-0.05, 0) is 113 Å². The molecule has 0 aliphatic carbocycles. The van der Waals surface area contributed by atoms with E-state index in [1.54, 1.807) is 0 Å². The summed E-state index contributed by atoms with van der Waals surface area (Å²) in [4.78, 5) is 2.29. The Morgan fingerprint density at radius 3 is 1.51 bits per heavy atom. The smallest absolute Gasteiger partial charge is 0.389 e. The minimum atomic E-state index is -2.91. The SMILES string of the molecule is CCOP(=O)(OCC)SCCN(CC)CC.CCOc1ccc(NC(=S)Nc2ccc(OCC)cc2)cc1.[Zr]. The summed E-state index contributed by atoms with van der Waals surface area (Å²) in [6.45, 7) is 14.0. The molecule has 0 aliphatic rings. The van der Waals surface area contributed by atoms with Gasteiger partial charge in [0.1, 0.15) is 11.5 Å². The average molecular weight is 677 g/mol. The predicted molar refractivity (Wildman–Crippen MR) is 166 cm³/mol. The molecule has 8 nitrogen and oxygen atoms in total. The topological polar surface area (TPSA) is 81.3 Å². The molecule has 0 aromatic heterocycles. The Hall–Kier alpha value is -0.927. The molecule has 2 N–H and O–H groups in total. The van der Waals surface area contributed by atoms with E-state index in [2.05, 4.69) is 29.4 Å². The normalized spacial score (nSPS) is 10.6. The van der Waals surface area contributed by atoms with E-state index < -0.39 is 6.80 Å². The Kier molecular flexibility index (Phi) is 22.2. The first-order valence-electron chi connectivity index (χ1n) is 13.1. The van der Waals surface area contributed by atoms with Gasteiger partial charge in [-0.3, -0.25) is 0 Å². The van der Waals surface area contributed by atoms with Crippen LogP contribution in [0.4, 0.5) is 11.4 Å². The standard InChI is InChI=1S/C17H20N2O2S.C10H24NO3PS.Zr/c1-3-20-15-9-5-13(6-10-15)18-17(22)19-14-7-11-16(12-8-14)21-4-2;1-5-11(6-2)9-10-16-15(12,13-7-3)14-8-4;/h5-12H,3-4H2,1-2H3,(H2,18,19,22);5-10H2,1-4H3;. The second kappa shape index (κ2) is 22.7. The van der Waals surface area contributed by atoms with E-state index in [1.165, 1.54) is 11.4 Å². The molecule has 2 rings (SSSR count). The molecule has 0 aliphatic heterocycles. The number of thiocarbonyl (C=S) groups is 1. The molecule has 0 amide bonds. The van der Waals surface area contributed by atoms with Crippen molar-refractivity contribution in [2.75, 3.05) is 62.4 Å². The molecule has 0 bridgehead atoms. The molecule has 218 valence electrons. The van der Waals surface area contributed by atoms with Crippen LogP contribution in [0.25, 0.3) is 0 Å². The number of rotatable bonds is 16. The number of hydrogen-bond acceptors (Lipinski definition) is 8. The van der Waals surface area contributed by atoms with Crippen molar-refractivity contribution < 1.29 is 49.3 Å². The van der Waals surface area contributed by atoms with Crippen molar-refractivity contribution in [3.8, 4) is 11.5 Å². The molecule has 0 fully saturated rings. The minimum absolute atomic E-state index is 0. The quantitative estimate of drug-likeness (QED) is 0.138. The first kappa shape index (κ1) is 38.1. The Balaban J connectivity index is 0.000000762. The Labute approximate surface area is 263 Å². The molecule has 0 saturated carbocycles. The molecule has 0 heterocycles. The van der Waals surface area contributed by atoms with E-state index in [0.29, 0.717) is 31.5 Å². The van der Waals surface area contributed by atoms with Gasteiger partial charge in [-0.15, -0.1) is 0 Å². The van der Waals surface area contributed by atoms with Gasteiger partial charge in [-0.25, -0.2) is 4.57 Å². The van der Waals surface area contributed by atoms with Crippen LogP contribution in [0.2, 0.25) is 0 Å². The van der Waals surface area contributed by atoms with Gasteiger partial charge >= 0.3 is 6.80 Å². The summed E-state index contributed by atoms with van der Waals surface area (Å²) in [6, 6.07) is 15.3. The summed E-state index contributed by atoms with van der Waals surface area (Å²) >= 11 is 6.60. The molecule has 2 aromatic carbocycles. The summed E-state index contributed by atoms with van der Waals surface area (Å²) < 4.78 is 33.3. The predicted octanol–water partition coefficient (Wildman–Crippen LogP) is 7.53. The molecular weight excluding hydrogens is 633 g/mol. The fraction of sp³-hybridized carbons (Fsp3) is 0.519. The Morgan fingerprint density at radius 2 is 1.18 bits per heavy atom. The van der Waals surface area contributed by atoms with E-state index in [1.807, 2.05) is 76.2 Å². The van der Waals surface area contributed by atoms with Crippen molar-refractivity contribution in [2.24, 2.45) is 0 Å². The maximum Gasteiger partial charge on any atom is 0.389 e. The summed E-state index contributed by atoms with van der Waals surface area (Å²) in [5.74, 6) is 2.47.